The fourth-order valence-corrected chi connectivity index (χ4v) is 4.89. The Kier molecular flexibility index (Phi) is 4.31. The molecule has 1 saturated carbocycles. The van der Waals surface area contributed by atoms with E-state index in [0.717, 1.165) is 49.9 Å². The van der Waals surface area contributed by atoms with Crippen LogP contribution in [-0.2, 0) is 27.7 Å². The maximum absolute atomic E-state index is 12.7. The van der Waals surface area contributed by atoms with Gasteiger partial charge in [0.1, 0.15) is 0 Å². The molecule has 0 amide bonds. The van der Waals surface area contributed by atoms with Gasteiger partial charge in [-0.1, -0.05) is 12.1 Å². The highest BCUT2D eigenvalue weighted by Crippen LogP contribution is 2.26. The van der Waals surface area contributed by atoms with Crippen molar-refractivity contribution >= 4 is 10.0 Å². The maximum Gasteiger partial charge on any atom is 0.241 e. The summed E-state index contributed by atoms with van der Waals surface area (Å²) in [5.41, 5.74) is 2.05. The molecule has 0 saturated heterocycles. The van der Waals surface area contributed by atoms with E-state index in [9.17, 15) is 8.42 Å². The van der Waals surface area contributed by atoms with Crippen LogP contribution < -0.4 is 10.0 Å². The Morgan fingerprint density at radius 1 is 1.33 bits per heavy atom. The number of nitrogens with one attached hydrogen (secondary N) is 2. The van der Waals surface area contributed by atoms with Gasteiger partial charge in [-0.3, -0.25) is 0 Å². The number of fused-ring (bicyclic) bond motifs is 1. The van der Waals surface area contributed by atoms with Crippen LogP contribution in [0.3, 0.4) is 0 Å². The summed E-state index contributed by atoms with van der Waals surface area (Å²) in [6.07, 6.45) is 3.45. The average Bonchev–Trinajstić information content (AvgIpc) is 2.93. The molecule has 0 radical (unpaired) electrons. The molecule has 3 rings (SSSR count). The van der Waals surface area contributed by atoms with E-state index in [1.54, 1.807) is 13.2 Å². The van der Waals surface area contributed by atoms with Crippen molar-refractivity contribution in [2.45, 2.75) is 49.3 Å². The average molecular weight is 310 g/mol. The highest BCUT2D eigenvalue weighted by Gasteiger charge is 2.30. The number of benzene rings is 1. The summed E-state index contributed by atoms with van der Waals surface area (Å²) < 4.78 is 33.5. The first-order valence-electron chi connectivity index (χ1n) is 7.47. The lowest BCUT2D eigenvalue weighted by molar-refractivity contribution is 0.107. The normalized spacial score (nSPS) is 25.8. The highest BCUT2D eigenvalue weighted by molar-refractivity contribution is 7.89. The second-order valence-electron chi connectivity index (χ2n) is 5.81. The van der Waals surface area contributed by atoms with Crippen LogP contribution in [0.1, 0.15) is 30.4 Å². The zero-order valence-corrected chi connectivity index (χ0v) is 13.1. The van der Waals surface area contributed by atoms with Crippen molar-refractivity contribution in [2.24, 2.45) is 0 Å². The third kappa shape index (κ3) is 3.13. The summed E-state index contributed by atoms with van der Waals surface area (Å²) in [6, 6.07) is 5.52. The summed E-state index contributed by atoms with van der Waals surface area (Å²) in [5, 5.41) is 3.27. The number of rotatable bonds is 4. The van der Waals surface area contributed by atoms with Crippen molar-refractivity contribution in [2.75, 3.05) is 13.7 Å². The van der Waals surface area contributed by atoms with Gasteiger partial charge < -0.3 is 10.1 Å². The molecule has 2 unspecified atom stereocenters. The van der Waals surface area contributed by atoms with Crippen molar-refractivity contribution in [3.05, 3.63) is 29.3 Å². The minimum atomic E-state index is -3.45. The van der Waals surface area contributed by atoms with E-state index in [1.807, 2.05) is 12.1 Å². The first kappa shape index (κ1) is 15.0. The number of hydrogen-bond acceptors (Lipinski definition) is 4. The molecule has 1 aliphatic heterocycles. The lowest BCUT2D eigenvalue weighted by Crippen LogP contribution is -2.35. The van der Waals surface area contributed by atoms with Gasteiger partial charge in [0.2, 0.25) is 10.0 Å². The van der Waals surface area contributed by atoms with Crippen LogP contribution in [0.25, 0.3) is 0 Å². The molecule has 1 aromatic carbocycles. The molecule has 1 heterocycles. The molecule has 0 bridgehead atoms. The number of ether oxygens (including phenoxy) is 1. The molecule has 2 atom stereocenters. The van der Waals surface area contributed by atoms with Crippen LogP contribution in [0.15, 0.2) is 23.1 Å². The van der Waals surface area contributed by atoms with E-state index in [1.165, 1.54) is 0 Å². The predicted octanol–water partition coefficient (Wildman–Crippen LogP) is 1.18. The highest BCUT2D eigenvalue weighted by atomic mass is 32.2. The van der Waals surface area contributed by atoms with E-state index in [-0.39, 0.29) is 12.1 Å². The Morgan fingerprint density at radius 2 is 2.19 bits per heavy atom. The van der Waals surface area contributed by atoms with Gasteiger partial charge in [0.15, 0.2) is 0 Å². The molecule has 0 aromatic heterocycles. The third-order valence-electron chi connectivity index (χ3n) is 4.43. The monoisotopic (exact) mass is 310 g/mol. The van der Waals surface area contributed by atoms with Crippen molar-refractivity contribution < 1.29 is 13.2 Å². The number of sulfonamides is 1. The molecule has 6 heteroatoms. The SMILES string of the molecule is COC1CCC(NS(=O)(=O)c2cccc3c2CCNC3)C1. The Morgan fingerprint density at radius 3 is 2.95 bits per heavy atom. The Bertz CT molecular complexity index is 615. The van der Waals surface area contributed by atoms with Gasteiger partial charge in [-0.05, 0) is 49.4 Å². The van der Waals surface area contributed by atoms with Crippen LogP contribution in [0.2, 0.25) is 0 Å². The standard InChI is InChI=1S/C15H22N2O3S/c1-20-13-6-5-12(9-13)17-21(18,19)15-4-2-3-11-10-16-8-7-14(11)15/h2-4,12-13,16-17H,5-10H2,1H3. The van der Waals surface area contributed by atoms with Crippen LogP contribution in [-0.4, -0.2) is 34.2 Å². The third-order valence-corrected chi connectivity index (χ3v) is 6.03. The second-order valence-corrected chi connectivity index (χ2v) is 7.49. The van der Waals surface area contributed by atoms with E-state index in [4.69, 9.17) is 4.74 Å². The maximum atomic E-state index is 12.7. The molecule has 116 valence electrons. The van der Waals surface area contributed by atoms with Gasteiger partial charge >= 0.3 is 0 Å². The Labute approximate surface area is 126 Å². The van der Waals surface area contributed by atoms with Gasteiger partial charge in [-0.25, -0.2) is 13.1 Å². The van der Waals surface area contributed by atoms with Crippen molar-refractivity contribution in [3.8, 4) is 0 Å². The summed E-state index contributed by atoms with van der Waals surface area (Å²) in [6.45, 7) is 1.57. The summed E-state index contributed by atoms with van der Waals surface area (Å²) in [5.74, 6) is 0. The largest absolute Gasteiger partial charge is 0.381 e. The molecule has 0 spiro atoms. The van der Waals surface area contributed by atoms with Gasteiger partial charge in [0, 0.05) is 19.7 Å². The van der Waals surface area contributed by atoms with Crippen LogP contribution in [0, 0.1) is 0 Å². The lowest BCUT2D eigenvalue weighted by Gasteiger charge is -2.21. The predicted molar refractivity (Wildman–Crippen MR) is 80.6 cm³/mol. The minimum Gasteiger partial charge on any atom is -0.381 e. The van der Waals surface area contributed by atoms with Gasteiger partial charge in [0.05, 0.1) is 11.0 Å². The lowest BCUT2D eigenvalue weighted by atomic mass is 10.0. The molecule has 1 aromatic rings. The van der Waals surface area contributed by atoms with E-state index in [2.05, 4.69) is 10.0 Å². The minimum absolute atomic E-state index is 0.0162. The van der Waals surface area contributed by atoms with E-state index >= 15 is 0 Å². The zero-order chi connectivity index (χ0) is 14.9. The Hall–Kier alpha value is -0.950. The molecular formula is C15H22N2O3S. The first-order valence-corrected chi connectivity index (χ1v) is 8.95. The van der Waals surface area contributed by atoms with Crippen LogP contribution in [0.5, 0.6) is 0 Å². The molecule has 1 fully saturated rings. The van der Waals surface area contributed by atoms with Crippen LogP contribution >= 0.6 is 0 Å². The fourth-order valence-electron chi connectivity index (χ4n) is 3.29. The van der Waals surface area contributed by atoms with Crippen LogP contribution in [0.4, 0.5) is 0 Å². The molecule has 2 N–H and O–H groups in total. The van der Waals surface area contributed by atoms with Gasteiger partial charge in [-0.2, -0.15) is 0 Å². The quantitative estimate of drug-likeness (QED) is 0.876. The second kappa shape index (κ2) is 6.04. The molecule has 21 heavy (non-hydrogen) atoms. The molecule has 2 aliphatic rings. The zero-order valence-electron chi connectivity index (χ0n) is 12.3. The molecule has 1 aliphatic carbocycles. The van der Waals surface area contributed by atoms with Crippen molar-refractivity contribution in [1.29, 1.82) is 0 Å². The Balaban J connectivity index is 1.82. The summed E-state index contributed by atoms with van der Waals surface area (Å²) >= 11 is 0. The van der Waals surface area contributed by atoms with Gasteiger partial charge in [-0.15, -0.1) is 0 Å². The number of methoxy groups -OCH3 is 1. The van der Waals surface area contributed by atoms with E-state index < -0.39 is 10.0 Å². The topological polar surface area (TPSA) is 67.4 Å². The first-order chi connectivity index (χ1) is 10.1. The number of hydrogen-bond donors (Lipinski definition) is 2. The van der Waals surface area contributed by atoms with E-state index in [0.29, 0.717) is 4.90 Å². The summed E-state index contributed by atoms with van der Waals surface area (Å²) in [7, 11) is -1.77. The van der Waals surface area contributed by atoms with Crippen molar-refractivity contribution in [1.82, 2.24) is 10.0 Å². The smallest absolute Gasteiger partial charge is 0.241 e. The fraction of sp³-hybridized carbons (Fsp3) is 0.600. The molecule has 5 nitrogen and oxygen atoms in total. The summed E-state index contributed by atoms with van der Waals surface area (Å²) in [4.78, 5) is 0.447. The van der Waals surface area contributed by atoms with Crippen molar-refractivity contribution in [3.63, 3.8) is 0 Å². The van der Waals surface area contributed by atoms with Gasteiger partial charge in [0.25, 0.3) is 0 Å². The molecular weight excluding hydrogens is 288 g/mol.